The summed E-state index contributed by atoms with van der Waals surface area (Å²) in [5.41, 5.74) is 1.19. The first-order valence-electron chi connectivity index (χ1n) is 5.46. The van der Waals surface area contributed by atoms with E-state index < -0.39 is 0 Å². The lowest BCUT2D eigenvalue weighted by Gasteiger charge is -2.27. The minimum Gasteiger partial charge on any atom is -0.229 e. The largest absolute Gasteiger partial charge is 0.229 e. The lowest BCUT2D eigenvalue weighted by Crippen LogP contribution is -2.22. The van der Waals surface area contributed by atoms with Gasteiger partial charge >= 0.3 is 0 Å². The SMILES string of the molecule is C#Cc1nccc(C(C)(CC)CCC)n1. The molecule has 0 fully saturated rings. The van der Waals surface area contributed by atoms with Gasteiger partial charge < -0.3 is 0 Å². The van der Waals surface area contributed by atoms with Crippen molar-refractivity contribution in [2.75, 3.05) is 0 Å². The maximum absolute atomic E-state index is 5.30. The fourth-order valence-corrected chi connectivity index (χ4v) is 1.80. The van der Waals surface area contributed by atoms with Crippen molar-refractivity contribution in [2.45, 2.75) is 45.4 Å². The van der Waals surface area contributed by atoms with Crippen LogP contribution in [0.15, 0.2) is 12.3 Å². The van der Waals surface area contributed by atoms with Gasteiger partial charge in [-0.2, -0.15) is 0 Å². The van der Waals surface area contributed by atoms with E-state index in [4.69, 9.17) is 6.42 Å². The molecule has 80 valence electrons. The molecule has 0 saturated carbocycles. The van der Waals surface area contributed by atoms with Crippen LogP contribution in [-0.2, 0) is 5.41 Å². The Morgan fingerprint density at radius 1 is 1.47 bits per heavy atom. The molecule has 0 aliphatic carbocycles. The molecular weight excluding hydrogens is 184 g/mol. The monoisotopic (exact) mass is 202 g/mol. The van der Waals surface area contributed by atoms with E-state index in [1.54, 1.807) is 6.20 Å². The Kier molecular flexibility index (Phi) is 3.85. The van der Waals surface area contributed by atoms with E-state index in [2.05, 4.69) is 36.7 Å². The van der Waals surface area contributed by atoms with E-state index in [9.17, 15) is 0 Å². The minimum atomic E-state index is 0.128. The topological polar surface area (TPSA) is 25.8 Å². The molecule has 1 unspecified atom stereocenters. The van der Waals surface area contributed by atoms with Crippen molar-refractivity contribution in [3.05, 3.63) is 23.8 Å². The zero-order valence-corrected chi connectivity index (χ0v) is 9.75. The van der Waals surface area contributed by atoms with Crippen LogP contribution in [0.25, 0.3) is 0 Å². The lowest BCUT2D eigenvalue weighted by atomic mass is 9.80. The molecule has 1 rings (SSSR count). The molecular formula is C13H18N2. The molecule has 0 spiro atoms. The maximum atomic E-state index is 5.30. The van der Waals surface area contributed by atoms with Crippen molar-refractivity contribution in [3.8, 4) is 12.3 Å². The molecule has 0 aromatic carbocycles. The summed E-state index contributed by atoms with van der Waals surface area (Å²) in [4.78, 5) is 8.42. The number of rotatable bonds is 4. The van der Waals surface area contributed by atoms with Crippen molar-refractivity contribution in [1.29, 1.82) is 0 Å². The van der Waals surface area contributed by atoms with Crippen LogP contribution in [0.4, 0.5) is 0 Å². The van der Waals surface area contributed by atoms with Crippen molar-refractivity contribution in [1.82, 2.24) is 9.97 Å². The molecule has 0 amide bonds. The van der Waals surface area contributed by atoms with E-state index in [1.807, 2.05) is 6.07 Å². The molecule has 1 aromatic heterocycles. The third-order valence-electron chi connectivity index (χ3n) is 2.99. The second-order valence-corrected chi connectivity index (χ2v) is 4.07. The number of aromatic nitrogens is 2. The van der Waals surface area contributed by atoms with E-state index in [1.165, 1.54) is 0 Å². The molecule has 0 radical (unpaired) electrons. The van der Waals surface area contributed by atoms with Gasteiger partial charge in [0.2, 0.25) is 5.82 Å². The van der Waals surface area contributed by atoms with E-state index in [0.29, 0.717) is 5.82 Å². The predicted octanol–water partition coefficient (Wildman–Crippen LogP) is 2.93. The number of hydrogen-bond acceptors (Lipinski definition) is 2. The summed E-state index contributed by atoms with van der Waals surface area (Å²) in [5, 5.41) is 0. The highest BCUT2D eigenvalue weighted by Crippen LogP contribution is 2.30. The third kappa shape index (κ3) is 2.56. The molecule has 1 atom stereocenters. The summed E-state index contributed by atoms with van der Waals surface area (Å²) in [6.07, 6.45) is 10.4. The minimum absolute atomic E-state index is 0.128. The van der Waals surface area contributed by atoms with Crippen LogP contribution in [0.2, 0.25) is 0 Å². The number of nitrogens with zero attached hydrogens (tertiary/aromatic N) is 2. The van der Waals surface area contributed by atoms with Crippen molar-refractivity contribution >= 4 is 0 Å². The van der Waals surface area contributed by atoms with Crippen molar-refractivity contribution < 1.29 is 0 Å². The fourth-order valence-electron chi connectivity index (χ4n) is 1.80. The first-order chi connectivity index (χ1) is 7.16. The fraction of sp³-hybridized carbons (Fsp3) is 0.538. The quantitative estimate of drug-likeness (QED) is 0.701. The molecule has 0 bridgehead atoms. The van der Waals surface area contributed by atoms with Crippen molar-refractivity contribution in [2.24, 2.45) is 0 Å². The van der Waals surface area contributed by atoms with Gasteiger partial charge in [0.1, 0.15) is 0 Å². The molecule has 0 N–H and O–H groups in total. The van der Waals surface area contributed by atoms with Crippen LogP contribution >= 0.6 is 0 Å². The number of terminal acetylenes is 1. The Morgan fingerprint density at radius 2 is 2.20 bits per heavy atom. The van der Waals surface area contributed by atoms with Crippen LogP contribution in [0.5, 0.6) is 0 Å². The van der Waals surface area contributed by atoms with Gasteiger partial charge in [0.05, 0.1) is 5.69 Å². The summed E-state index contributed by atoms with van der Waals surface area (Å²) in [6.45, 7) is 6.61. The summed E-state index contributed by atoms with van der Waals surface area (Å²) < 4.78 is 0. The van der Waals surface area contributed by atoms with Crippen LogP contribution in [0, 0.1) is 12.3 Å². The van der Waals surface area contributed by atoms with Gasteiger partial charge in [-0.15, -0.1) is 6.42 Å². The Bertz CT molecular complexity index is 365. The Labute approximate surface area is 92.2 Å². The van der Waals surface area contributed by atoms with Crippen molar-refractivity contribution in [3.63, 3.8) is 0 Å². The van der Waals surface area contributed by atoms with Gasteiger partial charge in [0.25, 0.3) is 0 Å². The second-order valence-electron chi connectivity index (χ2n) is 4.07. The van der Waals surface area contributed by atoms with Gasteiger partial charge in [-0.1, -0.05) is 27.2 Å². The summed E-state index contributed by atoms with van der Waals surface area (Å²) in [5.74, 6) is 2.97. The Balaban J connectivity index is 3.07. The molecule has 1 aromatic rings. The average molecular weight is 202 g/mol. The van der Waals surface area contributed by atoms with Crippen LogP contribution < -0.4 is 0 Å². The van der Waals surface area contributed by atoms with Crippen LogP contribution in [-0.4, -0.2) is 9.97 Å². The normalized spacial score (nSPS) is 14.3. The molecule has 2 heteroatoms. The van der Waals surface area contributed by atoms with Gasteiger partial charge in [-0.05, 0) is 24.8 Å². The highest BCUT2D eigenvalue weighted by atomic mass is 14.9. The van der Waals surface area contributed by atoms with Crippen LogP contribution in [0.1, 0.15) is 51.6 Å². The van der Waals surface area contributed by atoms with Gasteiger partial charge in [0.15, 0.2) is 0 Å². The molecule has 0 saturated heterocycles. The highest BCUT2D eigenvalue weighted by Gasteiger charge is 2.25. The second kappa shape index (κ2) is 4.93. The predicted molar refractivity (Wildman–Crippen MR) is 62.5 cm³/mol. The zero-order valence-electron chi connectivity index (χ0n) is 9.75. The van der Waals surface area contributed by atoms with E-state index >= 15 is 0 Å². The highest BCUT2D eigenvalue weighted by molar-refractivity contribution is 5.21. The average Bonchev–Trinajstić information content (AvgIpc) is 2.29. The molecule has 1 heterocycles. The Morgan fingerprint density at radius 3 is 2.73 bits per heavy atom. The third-order valence-corrected chi connectivity index (χ3v) is 2.99. The summed E-state index contributed by atoms with van der Waals surface area (Å²) in [6, 6.07) is 1.97. The molecule has 15 heavy (non-hydrogen) atoms. The smallest absolute Gasteiger partial charge is 0.204 e. The van der Waals surface area contributed by atoms with Crippen LogP contribution in [0.3, 0.4) is 0 Å². The van der Waals surface area contributed by atoms with Gasteiger partial charge in [-0.3, -0.25) is 0 Å². The first-order valence-corrected chi connectivity index (χ1v) is 5.46. The molecule has 0 aliphatic heterocycles. The summed E-state index contributed by atoms with van der Waals surface area (Å²) >= 11 is 0. The molecule has 2 nitrogen and oxygen atoms in total. The zero-order chi connectivity index (χ0) is 11.3. The summed E-state index contributed by atoms with van der Waals surface area (Å²) in [7, 11) is 0. The Hall–Kier alpha value is -1.36. The number of hydrogen-bond donors (Lipinski definition) is 0. The molecule has 0 aliphatic rings. The maximum Gasteiger partial charge on any atom is 0.204 e. The lowest BCUT2D eigenvalue weighted by molar-refractivity contribution is 0.401. The van der Waals surface area contributed by atoms with Gasteiger partial charge in [0, 0.05) is 11.6 Å². The van der Waals surface area contributed by atoms with Gasteiger partial charge in [-0.25, -0.2) is 9.97 Å². The van der Waals surface area contributed by atoms with E-state index in [-0.39, 0.29) is 5.41 Å². The first kappa shape index (κ1) is 11.7. The standard InChI is InChI=1S/C13H18N2/c1-5-9-13(4,7-3)11-8-10-14-12(6-2)15-11/h2,8,10H,5,7,9H2,1,3-4H3. The van der Waals surface area contributed by atoms with E-state index in [0.717, 1.165) is 25.0 Å².